The van der Waals surface area contributed by atoms with Crippen molar-refractivity contribution in [1.29, 1.82) is 0 Å². The summed E-state index contributed by atoms with van der Waals surface area (Å²) in [6.45, 7) is 0. The highest BCUT2D eigenvalue weighted by Gasteiger charge is 2.24. The molecule has 1 aliphatic rings. The summed E-state index contributed by atoms with van der Waals surface area (Å²) in [4.78, 5) is 10.5. The first-order valence-corrected chi connectivity index (χ1v) is 18.4. The van der Waals surface area contributed by atoms with Crippen LogP contribution >= 0.6 is 11.3 Å². The topological polar surface area (TPSA) is 41.7 Å². The van der Waals surface area contributed by atoms with Gasteiger partial charge < -0.3 is 9.88 Å². The molecule has 0 amide bonds. The molecule has 0 fully saturated rings. The molecule has 0 bridgehead atoms. The van der Waals surface area contributed by atoms with Crippen LogP contribution in [0.3, 0.4) is 0 Å². The molecule has 1 unspecified atom stereocenters. The minimum absolute atomic E-state index is 0.277. The Bertz CT molecular complexity index is 3100. The zero-order chi connectivity index (χ0) is 34.2. The number of benzene rings is 8. The van der Waals surface area contributed by atoms with E-state index in [1.165, 1.54) is 63.5 Å². The fourth-order valence-electron chi connectivity index (χ4n) is 7.98. The molecule has 10 aromatic rings. The minimum Gasteiger partial charge on any atom is -0.344 e. The van der Waals surface area contributed by atoms with Crippen molar-refractivity contribution in [2.75, 3.05) is 0 Å². The number of nitrogens with zero attached hydrogens (tertiary/aromatic N) is 3. The van der Waals surface area contributed by atoms with Crippen molar-refractivity contribution in [2.45, 2.75) is 6.17 Å². The second kappa shape index (κ2) is 11.5. The van der Waals surface area contributed by atoms with Crippen molar-refractivity contribution in [1.82, 2.24) is 9.88 Å². The van der Waals surface area contributed by atoms with Crippen LogP contribution in [0.15, 0.2) is 180 Å². The monoisotopic (exact) mass is 682 g/mol. The molecule has 3 heterocycles. The number of hydrogen-bond donors (Lipinski definition) is 1. The van der Waals surface area contributed by atoms with E-state index in [-0.39, 0.29) is 6.17 Å². The van der Waals surface area contributed by atoms with E-state index in [0.717, 1.165) is 28.2 Å². The summed E-state index contributed by atoms with van der Waals surface area (Å²) in [6.07, 6.45) is -0.277. The molecule has 11 rings (SSSR count). The fourth-order valence-corrected chi connectivity index (χ4v) is 9.12. The van der Waals surface area contributed by atoms with E-state index in [2.05, 4.69) is 174 Å². The van der Waals surface area contributed by atoms with Gasteiger partial charge in [-0.05, 0) is 70.3 Å². The summed E-state index contributed by atoms with van der Waals surface area (Å²) >= 11 is 1.82. The Kier molecular flexibility index (Phi) is 6.45. The van der Waals surface area contributed by atoms with Crippen molar-refractivity contribution in [2.24, 2.45) is 9.98 Å². The number of fused-ring (bicyclic) bond motifs is 9. The zero-order valence-electron chi connectivity index (χ0n) is 28.0. The third-order valence-electron chi connectivity index (χ3n) is 10.4. The smallest absolute Gasteiger partial charge is 0.159 e. The van der Waals surface area contributed by atoms with Gasteiger partial charge in [-0.2, -0.15) is 0 Å². The van der Waals surface area contributed by atoms with Crippen LogP contribution in [0.25, 0.3) is 69.2 Å². The van der Waals surface area contributed by atoms with E-state index in [9.17, 15) is 0 Å². The number of nitrogens with one attached hydrogen (secondary N) is 1. The van der Waals surface area contributed by atoms with Crippen LogP contribution in [-0.4, -0.2) is 16.2 Å². The second-order valence-electron chi connectivity index (χ2n) is 13.4. The van der Waals surface area contributed by atoms with E-state index >= 15 is 0 Å². The summed E-state index contributed by atoms with van der Waals surface area (Å²) < 4.78 is 4.95. The molecule has 2 aromatic heterocycles. The van der Waals surface area contributed by atoms with Crippen LogP contribution in [0.2, 0.25) is 0 Å². The lowest BCUT2D eigenvalue weighted by Gasteiger charge is -2.24. The lowest BCUT2D eigenvalue weighted by molar-refractivity contribution is 0.674. The molecule has 8 aromatic carbocycles. The fraction of sp³-hybridized carbons (Fsp3) is 0.0213. The molecule has 0 aliphatic carbocycles. The Morgan fingerprint density at radius 3 is 2.10 bits per heavy atom. The van der Waals surface area contributed by atoms with Gasteiger partial charge >= 0.3 is 0 Å². The Morgan fingerprint density at radius 1 is 0.538 bits per heavy atom. The van der Waals surface area contributed by atoms with Gasteiger partial charge in [-0.1, -0.05) is 121 Å². The summed E-state index contributed by atoms with van der Waals surface area (Å²) in [5.74, 6) is 1.54. The maximum Gasteiger partial charge on any atom is 0.159 e. The first kappa shape index (κ1) is 29.2. The van der Waals surface area contributed by atoms with Crippen molar-refractivity contribution in [3.63, 3.8) is 0 Å². The van der Waals surface area contributed by atoms with E-state index in [1.54, 1.807) is 0 Å². The van der Waals surface area contributed by atoms with E-state index < -0.39 is 0 Å². The maximum absolute atomic E-state index is 5.26. The van der Waals surface area contributed by atoms with Crippen LogP contribution in [0.5, 0.6) is 0 Å². The third kappa shape index (κ3) is 4.53. The molecule has 244 valence electrons. The normalized spacial score (nSPS) is 14.7. The van der Waals surface area contributed by atoms with Crippen LogP contribution < -0.4 is 5.32 Å². The molecule has 4 nitrogen and oxygen atoms in total. The van der Waals surface area contributed by atoms with E-state index in [1.807, 2.05) is 17.4 Å². The summed E-state index contributed by atoms with van der Waals surface area (Å²) in [5, 5.41) is 13.6. The van der Waals surface area contributed by atoms with Gasteiger partial charge in [-0.3, -0.25) is 0 Å². The van der Waals surface area contributed by atoms with Gasteiger partial charge in [0, 0.05) is 53.1 Å². The SMILES string of the molecule is c1ccc(C2N=C(c3ccc(-n4c5cc6ccccc6cc5c5ccc6ccccc6c54)cc3)N=C(c3cccc4sc5ccccc5c34)N2)cc1. The Balaban J connectivity index is 1.09. The van der Waals surface area contributed by atoms with Crippen molar-refractivity contribution >= 4 is 86.5 Å². The number of aliphatic imine (C=N–C) groups is 2. The van der Waals surface area contributed by atoms with Crippen LogP contribution in [0.4, 0.5) is 0 Å². The molecular formula is C47H30N4S. The molecule has 1 aliphatic heterocycles. The highest BCUT2D eigenvalue weighted by molar-refractivity contribution is 7.25. The molecule has 0 spiro atoms. The minimum atomic E-state index is -0.277. The highest BCUT2D eigenvalue weighted by atomic mass is 32.1. The second-order valence-corrected chi connectivity index (χ2v) is 14.5. The predicted octanol–water partition coefficient (Wildman–Crippen LogP) is 12.0. The Morgan fingerprint density at radius 2 is 1.25 bits per heavy atom. The van der Waals surface area contributed by atoms with Gasteiger partial charge in [-0.15, -0.1) is 11.3 Å². The molecule has 0 saturated heterocycles. The number of rotatable bonds is 4. The maximum atomic E-state index is 5.26. The summed E-state index contributed by atoms with van der Waals surface area (Å²) in [5.41, 5.74) is 6.67. The largest absolute Gasteiger partial charge is 0.344 e. The van der Waals surface area contributed by atoms with Crippen LogP contribution in [0, 0.1) is 0 Å². The predicted molar refractivity (Wildman–Crippen MR) is 221 cm³/mol. The lowest BCUT2D eigenvalue weighted by Crippen LogP contribution is -2.33. The quantitative estimate of drug-likeness (QED) is 0.197. The average molecular weight is 683 g/mol. The Hall–Kier alpha value is -6.56. The highest BCUT2D eigenvalue weighted by Crippen LogP contribution is 2.39. The molecule has 1 atom stereocenters. The van der Waals surface area contributed by atoms with Gasteiger partial charge in [-0.25, -0.2) is 9.98 Å². The summed E-state index contributed by atoms with van der Waals surface area (Å²) in [6, 6.07) is 60.9. The van der Waals surface area contributed by atoms with Gasteiger partial charge in [0.05, 0.1) is 11.0 Å². The van der Waals surface area contributed by atoms with Gasteiger partial charge in [0.1, 0.15) is 12.0 Å². The number of amidine groups is 2. The Labute approximate surface area is 303 Å². The number of thiophene rings is 1. The first-order valence-electron chi connectivity index (χ1n) is 17.6. The van der Waals surface area contributed by atoms with Crippen LogP contribution in [0.1, 0.15) is 22.9 Å². The molecule has 0 saturated carbocycles. The molecule has 52 heavy (non-hydrogen) atoms. The van der Waals surface area contributed by atoms with E-state index in [4.69, 9.17) is 9.98 Å². The molecule has 0 radical (unpaired) electrons. The van der Waals surface area contributed by atoms with Gasteiger partial charge in [0.2, 0.25) is 0 Å². The molecule has 5 heteroatoms. The van der Waals surface area contributed by atoms with Crippen molar-refractivity contribution < 1.29 is 0 Å². The molecular weight excluding hydrogens is 653 g/mol. The molecule has 1 N–H and O–H groups in total. The van der Waals surface area contributed by atoms with E-state index in [0.29, 0.717) is 5.84 Å². The van der Waals surface area contributed by atoms with Gasteiger partial charge in [0.25, 0.3) is 0 Å². The third-order valence-corrected chi connectivity index (χ3v) is 11.6. The number of aromatic nitrogens is 1. The summed E-state index contributed by atoms with van der Waals surface area (Å²) in [7, 11) is 0. The van der Waals surface area contributed by atoms with Crippen molar-refractivity contribution in [3.05, 3.63) is 187 Å². The number of hydrogen-bond acceptors (Lipinski definition) is 4. The zero-order valence-corrected chi connectivity index (χ0v) is 28.8. The van der Waals surface area contributed by atoms with Gasteiger partial charge in [0.15, 0.2) is 5.84 Å². The van der Waals surface area contributed by atoms with Crippen molar-refractivity contribution in [3.8, 4) is 5.69 Å². The standard InChI is InChI=1S/C47H30N4S/c1-2-12-30(13-3-1)45-48-46(50-47(49-45)38-18-10-20-42-43(38)37-17-8-9-19-41(37)52-42)31-21-24-34(25-22-31)51-40-28-33-15-5-4-14-32(33)27-39(40)36-26-23-29-11-6-7-16-35(29)44(36)51/h1-28,45H,(H,48,49,50). The van der Waals surface area contributed by atoms with Crippen LogP contribution in [-0.2, 0) is 0 Å². The first-order chi connectivity index (χ1) is 25.8. The lowest BCUT2D eigenvalue weighted by atomic mass is 10.0. The average Bonchev–Trinajstić information content (AvgIpc) is 3.76.